The van der Waals surface area contributed by atoms with Crippen molar-refractivity contribution in [2.24, 2.45) is 0 Å². The second-order valence-electron chi connectivity index (χ2n) is 5.90. The fraction of sp³-hybridized carbons (Fsp3) is 0.294. The first-order valence-electron chi connectivity index (χ1n) is 7.07. The molecule has 0 atom stereocenters. The molecule has 1 N–H and O–H groups in total. The first kappa shape index (κ1) is 13.6. The van der Waals surface area contributed by atoms with Crippen molar-refractivity contribution in [3.05, 3.63) is 53.6 Å². The molecule has 0 saturated carbocycles. The molecule has 2 heterocycles. The van der Waals surface area contributed by atoms with Crippen LogP contribution in [0.2, 0.25) is 0 Å². The van der Waals surface area contributed by atoms with Crippen molar-refractivity contribution >= 4 is 17.5 Å². The number of carbonyl (C=O) groups excluding carboxylic acids is 1. The van der Waals surface area contributed by atoms with E-state index in [1.54, 1.807) is 11.9 Å². The molecule has 4 nitrogen and oxygen atoms in total. The number of carbonyl (C=O) groups is 1. The summed E-state index contributed by atoms with van der Waals surface area (Å²) in [4.78, 5) is 18.5. The number of nitrogens with zero attached hydrogens (tertiary/aromatic N) is 2. The minimum absolute atomic E-state index is 0.0882. The molecule has 4 heteroatoms. The Morgan fingerprint density at radius 1 is 1.14 bits per heavy atom. The van der Waals surface area contributed by atoms with Gasteiger partial charge >= 0.3 is 0 Å². The van der Waals surface area contributed by atoms with E-state index in [-0.39, 0.29) is 5.91 Å². The predicted molar refractivity (Wildman–Crippen MR) is 84.4 cm³/mol. The molecule has 1 aromatic heterocycles. The number of benzene rings is 1. The highest BCUT2D eigenvalue weighted by atomic mass is 16.2. The fourth-order valence-electron chi connectivity index (χ4n) is 2.71. The summed E-state index contributed by atoms with van der Waals surface area (Å²) in [6.07, 6.45) is 0. The summed E-state index contributed by atoms with van der Waals surface area (Å²) in [5, 5.41) is 3.30. The highest BCUT2D eigenvalue weighted by molar-refractivity contribution is 6.06. The van der Waals surface area contributed by atoms with Gasteiger partial charge in [-0.1, -0.05) is 36.4 Å². The van der Waals surface area contributed by atoms with Crippen molar-refractivity contribution in [1.82, 2.24) is 4.98 Å². The SMILES string of the molecule is CN1C(=O)C(C)(C)c2ccc(NCc3ccccc3)nc21. The summed E-state index contributed by atoms with van der Waals surface area (Å²) in [5.41, 5.74) is 1.69. The second kappa shape index (κ2) is 4.88. The van der Waals surface area contributed by atoms with E-state index in [2.05, 4.69) is 22.4 Å². The lowest BCUT2D eigenvalue weighted by molar-refractivity contribution is -0.121. The summed E-state index contributed by atoms with van der Waals surface area (Å²) in [6, 6.07) is 14.1. The zero-order chi connectivity index (χ0) is 15.0. The third kappa shape index (κ3) is 2.27. The molecule has 1 aromatic carbocycles. The third-order valence-corrected chi connectivity index (χ3v) is 4.02. The lowest BCUT2D eigenvalue weighted by atomic mass is 9.87. The van der Waals surface area contributed by atoms with E-state index in [1.165, 1.54) is 5.56 Å². The first-order chi connectivity index (χ1) is 10.00. The minimum Gasteiger partial charge on any atom is -0.366 e. The number of likely N-dealkylation sites (N-methyl/N-ethyl adjacent to an activating group) is 1. The Bertz CT molecular complexity index is 680. The molecule has 21 heavy (non-hydrogen) atoms. The zero-order valence-corrected chi connectivity index (χ0v) is 12.6. The number of anilines is 2. The Kier molecular flexibility index (Phi) is 3.16. The maximum absolute atomic E-state index is 12.2. The van der Waals surface area contributed by atoms with Crippen LogP contribution in [0.1, 0.15) is 25.0 Å². The van der Waals surface area contributed by atoms with Gasteiger partial charge in [-0.3, -0.25) is 9.69 Å². The number of pyridine rings is 1. The average molecular weight is 281 g/mol. The Morgan fingerprint density at radius 2 is 1.86 bits per heavy atom. The van der Waals surface area contributed by atoms with E-state index in [9.17, 15) is 4.79 Å². The summed E-state index contributed by atoms with van der Waals surface area (Å²) in [7, 11) is 1.78. The zero-order valence-electron chi connectivity index (χ0n) is 12.6. The summed E-state index contributed by atoms with van der Waals surface area (Å²) in [6.45, 7) is 4.60. The highest BCUT2D eigenvalue weighted by Crippen LogP contribution is 2.39. The number of aromatic nitrogens is 1. The Labute approximate surface area is 124 Å². The van der Waals surface area contributed by atoms with Gasteiger partial charge in [-0.25, -0.2) is 4.98 Å². The van der Waals surface area contributed by atoms with Crippen LogP contribution in [-0.4, -0.2) is 17.9 Å². The summed E-state index contributed by atoms with van der Waals surface area (Å²) in [5.74, 6) is 1.63. The van der Waals surface area contributed by atoms with Crippen molar-refractivity contribution < 1.29 is 4.79 Å². The van der Waals surface area contributed by atoms with E-state index in [0.29, 0.717) is 6.54 Å². The van der Waals surface area contributed by atoms with Gasteiger partial charge in [0.05, 0.1) is 5.41 Å². The second-order valence-corrected chi connectivity index (χ2v) is 5.90. The maximum Gasteiger partial charge on any atom is 0.238 e. The molecule has 3 rings (SSSR count). The van der Waals surface area contributed by atoms with Gasteiger partial charge in [0.1, 0.15) is 11.6 Å². The van der Waals surface area contributed by atoms with Crippen molar-refractivity contribution in [2.75, 3.05) is 17.3 Å². The standard InChI is InChI=1S/C17H19N3O/c1-17(2)13-9-10-14(19-15(13)20(3)16(17)21)18-11-12-7-5-4-6-8-12/h4-10H,11H2,1-3H3,(H,18,19). The molecule has 2 aromatic rings. The van der Waals surface area contributed by atoms with E-state index in [4.69, 9.17) is 0 Å². The van der Waals surface area contributed by atoms with Gasteiger partial charge in [-0.05, 0) is 25.5 Å². The van der Waals surface area contributed by atoms with Gasteiger partial charge < -0.3 is 5.32 Å². The van der Waals surface area contributed by atoms with Crippen LogP contribution in [0.4, 0.5) is 11.6 Å². The number of hydrogen-bond acceptors (Lipinski definition) is 3. The van der Waals surface area contributed by atoms with Crippen molar-refractivity contribution in [1.29, 1.82) is 0 Å². The van der Waals surface area contributed by atoms with Gasteiger partial charge in [-0.2, -0.15) is 0 Å². The van der Waals surface area contributed by atoms with E-state index in [0.717, 1.165) is 17.2 Å². The fourth-order valence-corrected chi connectivity index (χ4v) is 2.71. The lowest BCUT2D eigenvalue weighted by Crippen LogP contribution is -2.33. The third-order valence-electron chi connectivity index (χ3n) is 4.02. The van der Waals surface area contributed by atoms with Crippen LogP contribution in [0.25, 0.3) is 0 Å². The largest absolute Gasteiger partial charge is 0.366 e. The molecule has 0 aliphatic carbocycles. The van der Waals surface area contributed by atoms with Gasteiger partial charge in [0.25, 0.3) is 0 Å². The monoisotopic (exact) mass is 281 g/mol. The molecule has 108 valence electrons. The van der Waals surface area contributed by atoms with Gasteiger partial charge in [0.15, 0.2) is 0 Å². The Morgan fingerprint density at radius 3 is 2.57 bits per heavy atom. The van der Waals surface area contributed by atoms with Crippen LogP contribution in [-0.2, 0) is 16.8 Å². The molecular weight excluding hydrogens is 262 g/mol. The number of fused-ring (bicyclic) bond motifs is 1. The Hall–Kier alpha value is -2.36. The molecular formula is C17H19N3O. The van der Waals surface area contributed by atoms with Crippen LogP contribution < -0.4 is 10.2 Å². The molecule has 0 unspecified atom stereocenters. The number of rotatable bonds is 3. The molecule has 1 aliphatic rings. The van der Waals surface area contributed by atoms with Gasteiger partial charge in [0.2, 0.25) is 5.91 Å². The number of hydrogen-bond donors (Lipinski definition) is 1. The normalized spacial score (nSPS) is 16.0. The molecule has 0 saturated heterocycles. The van der Waals surface area contributed by atoms with E-state index >= 15 is 0 Å². The van der Waals surface area contributed by atoms with Crippen molar-refractivity contribution in [3.63, 3.8) is 0 Å². The van der Waals surface area contributed by atoms with Crippen LogP contribution >= 0.6 is 0 Å². The first-order valence-corrected chi connectivity index (χ1v) is 7.07. The van der Waals surface area contributed by atoms with E-state index < -0.39 is 5.41 Å². The maximum atomic E-state index is 12.2. The van der Waals surface area contributed by atoms with Crippen LogP contribution in [0.5, 0.6) is 0 Å². The van der Waals surface area contributed by atoms with Crippen LogP contribution in [0.3, 0.4) is 0 Å². The predicted octanol–water partition coefficient (Wildman–Crippen LogP) is 2.95. The molecule has 0 bridgehead atoms. The topological polar surface area (TPSA) is 45.2 Å². The average Bonchev–Trinajstić information content (AvgIpc) is 2.67. The number of amides is 1. The summed E-state index contributed by atoms with van der Waals surface area (Å²) < 4.78 is 0. The Balaban J connectivity index is 1.83. The number of nitrogens with one attached hydrogen (secondary N) is 1. The van der Waals surface area contributed by atoms with Crippen molar-refractivity contribution in [3.8, 4) is 0 Å². The van der Waals surface area contributed by atoms with Crippen molar-refractivity contribution in [2.45, 2.75) is 25.8 Å². The lowest BCUT2D eigenvalue weighted by Gasteiger charge is -2.15. The van der Waals surface area contributed by atoms with Gasteiger partial charge in [-0.15, -0.1) is 0 Å². The molecule has 0 spiro atoms. The van der Waals surface area contributed by atoms with Crippen LogP contribution in [0.15, 0.2) is 42.5 Å². The molecule has 1 aliphatic heterocycles. The molecule has 1 amide bonds. The van der Waals surface area contributed by atoms with Crippen LogP contribution in [0, 0.1) is 0 Å². The van der Waals surface area contributed by atoms with E-state index in [1.807, 2.05) is 44.2 Å². The molecule has 0 fully saturated rings. The van der Waals surface area contributed by atoms with Gasteiger partial charge in [0, 0.05) is 19.2 Å². The highest BCUT2D eigenvalue weighted by Gasteiger charge is 2.43. The summed E-state index contributed by atoms with van der Waals surface area (Å²) >= 11 is 0. The minimum atomic E-state index is -0.491. The quantitative estimate of drug-likeness (QED) is 0.940. The smallest absolute Gasteiger partial charge is 0.238 e. The molecule has 0 radical (unpaired) electrons.